The lowest BCUT2D eigenvalue weighted by atomic mass is 9.71. The Balaban J connectivity index is 1.86. The summed E-state index contributed by atoms with van der Waals surface area (Å²) in [6.45, 7) is 0.975. The Hall–Kier alpha value is -0.0400. The maximum atomic E-state index is 5.64. The van der Waals surface area contributed by atoms with E-state index in [1.807, 2.05) is 0 Å². The van der Waals surface area contributed by atoms with Crippen molar-refractivity contribution in [2.75, 3.05) is 6.54 Å². The molecule has 3 rings (SSSR count). The van der Waals surface area contributed by atoms with Gasteiger partial charge < -0.3 is 5.73 Å². The molecule has 0 aromatic carbocycles. The van der Waals surface area contributed by atoms with Gasteiger partial charge in [0.05, 0.1) is 0 Å². The summed E-state index contributed by atoms with van der Waals surface area (Å²) in [7, 11) is 0. The SMILES string of the molecule is NC[C@@H]1[C@H]2C3[C@H]1CC[C@H]32. The number of rotatable bonds is 1. The largest absolute Gasteiger partial charge is 0.330 e. The van der Waals surface area contributed by atoms with Gasteiger partial charge in [0.1, 0.15) is 0 Å². The smallest absolute Gasteiger partial charge is 0.00432 e. The molecule has 0 bridgehead atoms. The summed E-state index contributed by atoms with van der Waals surface area (Å²) < 4.78 is 0. The molecule has 0 heterocycles. The van der Waals surface area contributed by atoms with Crippen molar-refractivity contribution >= 4 is 0 Å². The van der Waals surface area contributed by atoms with Gasteiger partial charge in [0.2, 0.25) is 0 Å². The summed E-state index contributed by atoms with van der Waals surface area (Å²) in [4.78, 5) is 0. The van der Waals surface area contributed by atoms with Crippen LogP contribution in [0.1, 0.15) is 12.8 Å². The molecule has 0 aromatic heterocycles. The topological polar surface area (TPSA) is 26.0 Å². The van der Waals surface area contributed by atoms with Crippen LogP contribution in [0.25, 0.3) is 0 Å². The van der Waals surface area contributed by atoms with Crippen LogP contribution in [0.4, 0.5) is 0 Å². The maximum Gasteiger partial charge on any atom is -0.00432 e. The van der Waals surface area contributed by atoms with E-state index in [2.05, 4.69) is 0 Å². The van der Waals surface area contributed by atoms with Gasteiger partial charge in [-0.05, 0) is 49.0 Å². The average molecular weight is 123 g/mol. The highest BCUT2D eigenvalue weighted by atomic mass is 14.8. The molecule has 0 amide bonds. The van der Waals surface area contributed by atoms with Crippen LogP contribution in [0.5, 0.6) is 0 Å². The third kappa shape index (κ3) is 0.337. The lowest BCUT2D eigenvalue weighted by molar-refractivity contribution is 0.145. The van der Waals surface area contributed by atoms with Crippen molar-refractivity contribution in [1.29, 1.82) is 0 Å². The zero-order chi connectivity index (χ0) is 6.01. The highest BCUT2D eigenvalue weighted by Gasteiger charge is 2.71. The Morgan fingerprint density at radius 2 is 1.89 bits per heavy atom. The summed E-state index contributed by atoms with van der Waals surface area (Å²) in [5.41, 5.74) is 5.64. The minimum Gasteiger partial charge on any atom is -0.330 e. The van der Waals surface area contributed by atoms with Crippen molar-refractivity contribution in [2.45, 2.75) is 12.8 Å². The standard InChI is InChI=1S/C8H13N/c9-3-6-4-1-2-5-7(4)8(5)6/h4-8H,1-3,9H2/t4-,5+,6-,7?,8-/m0/s1. The Labute approximate surface area is 55.6 Å². The summed E-state index contributed by atoms with van der Waals surface area (Å²) in [5, 5.41) is 0. The second kappa shape index (κ2) is 1.20. The fraction of sp³-hybridized carbons (Fsp3) is 1.00. The molecule has 9 heavy (non-hydrogen) atoms. The first kappa shape index (κ1) is 4.73. The molecule has 3 aliphatic carbocycles. The van der Waals surface area contributed by atoms with Crippen molar-refractivity contribution in [1.82, 2.24) is 0 Å². The van der Waals surface area contributed by atoms with E-state index in [4.69, 9.17) is 5.73 Å². The molecule has 1 heteroatoms. The van der Waals surface area contributed by atoms with E-state index in [1.165, 1.54) is 18.8 Å². The van der Waals surface area contributed by atoms with E-state index in [1.54, 1.807) is 0 Å². The fourth-order valence-electron chi connectivity index (χ4n) is 3.57. The average Bonchev–Trinajstić information content (AvgIpc) is 2.31. The number of hydrogen-bond donors (Lipinski definition) is 1. The first-order valence-corrected chi connectivity index (χ1v) is 4.13. The Morgan fingerprint density at radius 3 is 2.22 bits per heavy atom. The summed E-state index contributed by atoms with van der Waals surface area (Å²) in [6, 6.07) is 0. The van der Waals surface area contributed by atoms with E-state index in [9.17, 15) is 0 Å². The molecule has 2 N–H and O–H groups in total. The molecular weight excluding hydrogens is 110 g/mol. The Morgan fingerprint density at radius 1 is 1.11 bits per heavy atom. The second-order valence-electron chi connectivity index (χ2n) is 3.96. The monoisotopic (exact) mass is 123 g/mol. The zero-order valence-corrected chi connectivity index (χ0v) is 5.59. The van der Waals surface area contributed by atoms with Gasteiger partial charge >= 0.3 is 0 Å². The van der Waals surface area contributed by atoms with Crippen LogP contribution >= 0.6 is 0 Å². The minimum atomic E-state index is 0.966. The van der Waals surface area contributed by atoms with Crippen molar-refractivity contribution in [2.24, 2.45) is 35.3 Å². The quantitative estimate of drug-likeness (QED) is 0.549. The van der Waals surface area contributed by atoms with Gasteiger partial charge in [-0.25, -0.2) is 0 Å². The molecule has 3 aliphatic rings. The van der Waals surface area contributed by atoms with E-state index < -0.39 is 0 Å². The molecule has 0 radical (unpaired) electrons. The van der Waals surface area contributed by atoms with Gasteiger partial charge in [-0.1, -0.05) is 0 Å². The van der Waals surface area contributed by atoms with E-state index >= 15 is 0 Å². The van der Waals surface area contributed by atoms with Gasteiger partial charge in [-0.15, -0.1) is 0 Å². The molecule has 0 saturated heterocycles. The second-order valence-corrected chi connectivity index (χ2v) is 3.96. The molecular formula is C8H13N. The van der Waals surface area contributed by atoms with Crippen LogP contribution in [0, 0.1) is 29.6 Å². The number of fused-ring (bicyclic) bond motifs is 1. The molecule has 5 atom stereocenters. The Bertz CT molecular complexity index is 151. The molecule has 50 valence electrons. The Kier molecular flexibility index (Phi) is 0.628. The fourth-order valence-corrected chi connectivity index (χ4v) is 3.57. The van der Waals surface area contributed by atoms with Crippen molar-refractivity contribution < 1.29 is 0 Å². The van der Waals surface area contributed by atoms with Gasteiger partial charge in [0, 0.05) is 0 Å². The highest BCUT2D eigenvalue weighted by molar-refractivity contribution is 5.19. The predicted molar refractivity (Wildman–Crippen MR) is 35.7 cm³/mol. The summed E-state index contributed by atoms with van der Waals surface area (Å²) in [6.07, 6.45) is 3.05. The van der Waals surface area contributed by atoms with Crippen LogP contribution in [0.3, 0.4) is 0 Å². The van der Waals surface area contributed by atoms with Crippen molar-refractivity contribution in [3.63, 3.8) is 0 Å². The molecule has 3 fully saturated rings. The normalized spacial score (nSPS) is 67.0. The van der Waals surface area contributed by atoms with Crippen LogP contribution in [0.2, 0.25) is 0 Å². The van der Waals surface area contributed by atoms with Crippen LogP contribution in [-0.2, 0) is 0 Å². The maximum absolute atomic E-state index is 5.64. The molecule has 3 saturated carbocycles. The molecule has 0 spiro atoms. The molecule has 0 aromatic rings. The third-order valence-corrected chi connectivity index (χ3v) is 3.94. The van der Waals surface area contributed by atoms with Crippen LogP contribution in [0.15, 0.2) is 0 Å². The molecule has 1 nitrogen and oxygen atoms in total. The number of nitrogens with two attached hydrogens (primary N) is 1. The lowest BCUT2D eigenvalue weighted by Crippen LogP contribution is -2.35. The van der Waals surface area contributed by atoms with E-state index in [0.717, 1.165) is 30.2 Å². The van der Waals surface area contributed by atoms with Crippen molar-refractivity contribution in [3.8, 4) is 0 Å². The summed E-state index contributed by atoms with van der Waals surface area (Å²) >= 11 is 0. The first-order chi connectivity index (χ1) is 4.43. The van der Waals surface area contributed by atoms with E-state index in [-0.39, 0.29) is 0 Å². The lowest BCUT2D eigenvalue weighted by Gasteiger charge is -2.35. The zero-order valence-electron chi connectivity index (χ0n) is 5.59. The van der Waals surface area contributed by atoms with Gasteiger partial charge in [-0.3, -0.25) is 0 Å². The molecule has 0 aliphatic heterocycles. The highest BCUT2D eigenvalue weighted by Crippen LogP contribution is 2.75. The third-order valence-electron chi connectivity index (χ3n) is 3.94. The van der Waals surface area contributed by atoms with E-state index in [0.29, 0.717) is 0 Å². The summed E-state index contributed by atoms with van der Waals surface area (Å²) in [5.74, 6) is 5.51. The van der Waals surface area contributed by atoms with Crippen LogP contribution in [-0.4, -0.2) is 6.54 Å². The first-order valence-electron chi connectivity index (χ1n) is 4.13. The van der Waals surface area contributed by atoms with Crippen molar-refractivity contribution in [3.05, 3.63) is 0 Å². The van der Waals surface area contributed by atoms with Gasteiger partial charge in [0.15, 0.2) is 0 Å². The van der Waals surface area contributed by atoms with Gasteiger partial charge in [0.25, 0.3) is 0 Å². The number of hydrogen-bond acceptors (Lipinski definition) is 1. The minimum absolute atomic E-state index is 0.966. The van der Waals surface area contributed by atoms with Crippen LogP contribution < -0.4 is 5.73 Å². The van der Waals surface area contributed by atoms with Gasteiger partial charge in [-0.2, -0.15) is 0 Å². The predicted octanol–water partition coefficient (Wildman–Crippen LogP) is 0.847. The molecule has 1 unspecified atom stereocenters.